The van der Waals surface area contributed by atoms with Crippen LogP contribution in [0.1, 0.15) is 36.6 Å². The van der Waals surface area contributed by atoms with Gasteiger partial charge in [-0.2, -0.15) is 0 Å². The highest BCUT2D eigenvalue weighted by Crippen LogP contribution is 2.37. The van der Waals surface area contributed by atoms with Gasteiger partial charge in [-0.1, -0.05) is 18.9 Å². The Bertz CT molecular complexity index is 280. The summed E-state index contributed by atoms with van der Waals surface area (Å²) in [6.45, 7) is 1.75. The molecule has 3 heteroatoms. The van der Waals surface area contributed by atoms with E-state index < -0.39 is 0 Å². The molecule has 16 heavy (non-hydrogen) atoms. The summed E-state index contributed by atoms with van der Waals surface area (Å²) in [7, 11) is 1.76. The highest BCUT2D eigenvalue weighted by molar-refractivity contribution is 7.10. The summed E-state index contributed by atoms with van der Waals surface area (Å²) in [6.07, 6.45) is 5.56. The highest BCUT2D eigenvalue weighted by atomic mass is 32.1. The van der Waals surface area contributed by atoms with Gasteiger partial charge < -0.3 is 10.1 Å². The molecule has 1 fully saturated rings. The molecule has 0 aromatic carbocycles. The Hall–Kier alpha value is -0.380. The molecule has 1 aliphatic carbocycles. The summed E-state index contributed by atoms with van der Waals surface area (Å²) >= 11 is 1.87. The molecule has 0 amide bonds. The van der Waals surface area contributed by atoms with Crippen molar-refractivity contribution in [2.75, 3.05) is 20.3 Å². The lowest BCUT2D eigenvalue weighted by atomic mass is 9.97. The lowest BCUT2D eigenvalue weighted by Crippen LogP contribution is -2.29. The first kappa shape index (κ1) is 12.1. The van der Waals surface area contributed by atoms with Crippen molar-refractivity contribution in [1.82, 2.24) is 5.32 Å². The second-order valence-electron chi connectivity index (χ2n) is 4.48. The van der Waals surface area contributed by atoms with Crippen LogP contribution in [-0.4, -0.2) is 20.3 Å². The van der Waals surface area contributed by atoms with Crippen LogP contribution in [0.3, 0.4) is 0 Å². The summed E-state index contributed by atoms with van der Waals surface area (Å²) in [5.74, 6) is 0.829. The number of methoxy groups -OCH3 is 1. The first-order valence-corrected chi connectivity index (χ1v) is 7.05. The Morgan fingerprint density at radius 3 is 2.94 bits per heavy atom. The highest BCUT2D eigenvalue weighted by Gasteiger charge is 2.26. The molecule has 1 aromatic rings. The third kappa shape index (κ3) is 3.06. The lowest BCUT2D eigenvalue weighted by Gasteiger charge is -2.23. The van der Waals surface area contributed by atoms with Crippen molar-refractivity contribution < 1.29 is 4.74 Å². The van der Waals surface area contributed by atoms with E-state index >= 15 is 0 Å². The van der Waals surface area contributed by atoms with E-state index in [9.17, 15) is 0 Å². The van der Waals surface area contributed by atoms with Crippen molar-refractivity contribution in [3.8, 4) is 0 Å². The summed E-state index contributed by atoms with van der Waals surface area (Å²) < 4.78 is 5.11. The quantitative estimate of drug-likeness (QED) is 0.770. The third-order valence-corrected chi connectivity index (χ3v) is 4.35. The van der Waals surface area contributed by atoms with Gasteiger partial charge in [0.2, 0.25) is 0 Å². The van der Waals surface area contributed by atoms with Crippen LogP contribution in [0.15, 0.2) is 17.5 Å². The average molecular weight is 239 g/mol. The number of ether oxygens (including phenoxy) is 1. The molecule has 0 aliphatic heterocycles. The normalized spacial score (nSPS) is 19.1. The fourth-order valence-corrected chi connectivity index (χ4v) is 3.47. The van der Waals surface area contributed by atoms with Crippen LogP contribution in [-0.2, 0) is 4.74 Å². The van der Waals surface area contributed by atoms with Crippen molar-refractivity contribution in [1.29, 1.82) is 0 Å². The summed E-state index contributed by atoms with van der Waals surface area (Å²) in [6, 6.07) is 4.96. The molecular weight excluding hydrogens is 218 g/mol. The Morgan fingerprint density at radius 1 is 1.50 bits per heavy atom. The van der Waals surface area contributed by atoms with E-state index in [0.29, 0.717) is 6.04 Å². The number of rotatable bonds is 6. The molecule has 0 saturated heterocycles. The van der Waals surface area contributed by atoms with Crippen molar-refractivity contribution >= 4 is 11.3 Å². The maximum absolute atomic E-state index is 5.11. The zero-order valence-corrected chi connectivity index (χ0v) is 10.8. The molecule has 1 heterocycles. The van der Waals surface area contributed by atoms with Crippen LogP contribution in [0.2, 0.25) is 0 Å². The molecular formula is C13H21NOS. The van der Waals surface area contributed by atoms with E-state index in [0.717, 1.165) is 19.1 Å². The van der Waals surface area contributed by atoms with Crippen LogP contribution >= 0.6 is 11.3 Å². The maximum Gasteiger partial charge on any atom is 0.0587 e. The molecule has 2 nitrogen and oxygen atoms in total. The van der Waals surface area contributed by atoms with E-state index in [-0.39, 0.29) is 0 Å². The number of thiophene rings is 1. The van der Waals surface area contributed by atoms with E-state index in [1.165, 1.54) is 30.6 Å². The van der Waals surface area contributed by atoms with Crippen LogP contribution in [0.25, 0.3) is 0 Å². The van der Waals surface area contributed by atoms with E-state index in [1.807, 2.05) is 11.3 Å². The Labute approximate surface area is 102 Å². The summed E-state index contributed by atoms with van der Waals surface area (Å²) in [5, 5.41) is 5.83. The van der Waals surface area contributed by atoms with Crippen molar-refractivity contribution in [3.63, 3.8) is 0 Å². The van der Waals surface area contributed by atoms with Gasteiger partial charge in [-0.15, -0.1) is 11.3 Å². The minimum Gasteiger partial charge on any atom is -0.383 e. The van der Waals surface area contributed by atoms with Crippen molar-refractivity contribution in [2.24, 2.45) is 5.92 Å². The SMILES string of the molecule is COCCNC(c1cccs1)C1CCCC1. The van der Waals surface area contributed by atoms with Crippen LogP contribution < -0.4 is 5.32 Å². The average Bonchev–Trinajstić information content (AvgIpc) is 2.97. The fraction of sp³-hybridized carbons (Fsp3) is 0.692. The van der Waals surface area contributed by atoms with Gasteiger partial charge in [-0.25, -0.2) is 0 Å². The van der Waals surface area contributed by atoms with Gasteiger partial charge in [-0.05, 0) is 30.2 Å². The standard InChI is InChI=1S/C13H21NOS/c1-15-9-8-14-13(11-5-2-3-6-11)12-7-4-10-16-12/h4,7,10-11,13-14H,2-3,5-6,8-9H2,1H3. The molecule has 0 bridgehead atoms. The summed E-state index contributed by atoms with van der Waals surface area (Å²) in [5.41, 5.74) is 0. The molecule has 1 atom stereocenters. The number of nitrogens with one attached hydrogen (secondary N) is 1. The van der Waals surface area contributed by atoms with Gasteiger partial charge in [0.25, 0.3) is 0 Å². The van der Waals surface area contributed by atoms with Gasteiger partial charge in [0.1, 0.15) is 0 Å². The van der Waals surface area contributed by atoms with E-state index in [2.05, 4.69) is 22.8 Å². The minimum absolute atomic E-state index is 0.553. The minimum atomic E-state index is 0.553. The molecule has 1 saturated carbocycles. The second-order valence-corrected chi connectivity index (χ2v) is 5.46. The predicted octanol–water partition coefficient (Wildman–Crippen LogP) is 3.22. The first-order valence-electron chi connectivity index (χ1n) is 6.17. The topological polar surface area (TPSA) is 21.3 Å². The van der Waals surface area contributed by atoms with Crippen LogP contribution in [0.5, 0.6) is 0 Å². The molecule has 1 unspecified atom stereocenters. The molecule has 0 radical (unpaired) electrons. The van der Waals surface area contributed by atoms with E-state index in [4.69, 9.17) is 4.74 Å². The number of hydrogen-bond donors (Lipinski definition) is 1. The van der Waals surface area contributed by atoms with Gasteiger partial charge in [0, 0.05) is 24.6 Å². The largest absolute Gasteiger partial charge is 0.383 e. The monoisotopic (exact) mass is 239 g/mol. The van der Waals surface area contributed by atoms with E-state index in [1.54, 1.807) is 7.11 Å². The van der Waals surface area contributed by atoms with Gasteiger partial charge >= 0.3 is 0 Å². The molecule has 0 spiro atoms. The Kier molecular flexibility index (Phi) is 4.82. The summed E-state index contributed by atoms with van der Waals surface area (Å²) in [4.78, 5) is 1.49. The van der Waals surface area contributed by atoms with Crippen molar-refractivity contribution in [3.05, 3.63) is 22.4 Å². The second kappa shape index (κ2) is 6.38. The Balaban J connectivity index is 1.95. The zero-order chi connectivity index (χ0) is 11.2. The van der Waals surface area contributed by atoms with Gasteiger partial charge in [0.15, 0.2) is 0 Å². The van der Waals surface area contributed by atoms with Crippen LogP contribution in [0.4, 0.5) is 0 Å². The molecule has 90 valence electrons. The molecule has 2 rings (SSSR count). The van der Waals surface area contributed by atoms with Gasteiger partial charge in [0.05, 0.1) is 6.61 Å². The molecule has 1 aliphatic rings. The zero-order valence-electron chi connectivity index (χ0n) is 9.95. The first-order chi connectivity index (χ1) is 7.92. The third-order valence-electron chi connectivity index (χ3n) is 3.39. The lowest BCUT2D eigenvalue weighted by molar-refractivity contribution is 0.191. The Morgan fingerprint density at radius 2 is 2.31 bits per heavy atom. The smallest absolute Gasteiger partial charge is 0.0587 e. The molecule has 1 aromatic heterocycles. The number of hydrogen-bond acceptors (Lipinski definition) is 3. The fourth-order valence-electron chi connectivity index (χ4n) is 2.58. The predicted molar refractivity (Wildman–Crippen MR) is 68.9 cm³/mol. The van der Waals surface area contributed by atoms with Crippen molar-refractivity contribution in [2.45, 2.75) is 31.7 Å². The molecule has 1 N–H and O–H groups in total. The van der Waals surface area contributed by atoms with Crippen LogP contribution in [0, 0.1) is 5.92 Å². The maximum atomic E-state index is 5.11. The van der Waals surface area contributed by atoms with Gasteiger partial charge in [-0.3, -0.25) is 0 Å².